The maximum Gasteiger partial charge on any atom is 0.337 e. The van der Waals surface area contributed by atoms with E-state index in [-0.39, 0.29) is 5.97 Å². The third-order valence-corrected chi connectivity index (χ3v) is 4.44. The Balaban J connectivity index is 1.83. The minimum absolute atomic E-state index is 0.363. The van der Waals surface area contributed by atoms with Gasteiger partial charge >= 0.3 is 5.97 Å². The summed E-state index contributed by atoms with van der Waals surface area (Å²) in [5.74, 6) is 0.913. The Hall–Kier alpha value is -3.41. The Bertz CT molecular complexity index is 927. The van der Waals surface area contributed by atoms with Gasteiger partial charge < -0.3 is 15.4 Å². The van der Waals surface area contributed by atoms with E-state index in [2.05, 4.69) is 27.5 Å². The number of anilines is 3. The molecule has 1 aromatic heterocycles. The number of hydrogen-bond acceptors (Lipinski definition) is 6. The Kier molecular flexibility index (Phi) is 7.16. The lowest BCUT2D eigenvalue weighted by Crippen LogP contribution is -2.07. The summed E-state index contributed by atoms with van der Waals surface area (Å²) in [6, 6.07) is 19.0. The largest absolute Gasteiger partial charge is 0.465 e. The fourth-order valence-corrected chi connectivity index (χ4v) is 2.88. The minimum atomic E-state index is -0.363. The van der Waals surface area contributed by atoms with Crippen LogP contribution >= 0.6 is 0 Å². The quantitative estimate of drug-likeness (QED) is 0.383. The molecule has 0 saturated carbocycles. The summed E-state index contributed by atoms with van der Waals surface area (Å²) in [6.07, 6.45) is 3.45. The van der Waals surface area contributed by atoms with Crippen molar-refractivity contribution in [2.24, 2.45) is 0 Å². The van der Waals surface area contributed by atoms with E-state index in [9.17, 15) is 4.79 Å². The van der Waals surface area contributed by atoms with Gasteiger partial charge in [-0.1, -0.05) is 50.1 Å². The number of methoxy groups -OCH3 is 1. The molecule has 0 radical (unpaired) electrons. The van der Waals surface area contributed by atoms with Crippen molar-refractivity contribution in [1.29, 1.82) is 0 Å². The second-order valence-corrected chi connectivity index (χ2v) is 6.66. The van der Waals surface area contributed by atoms with Gasteiger partial charge in [0.25, 0.3) is 0 Å². The van der Waals surface area contributed by atoms with Crippen LogP contribution in [0.25, 0.3) is 11.3 Å². The second-order valence-electron chi connectivity index (χ2n) is 6.66. The van der Waals surface area contributed by atoms with Crippen LogP contribution < -0.4 is 10.6 Å². The summed E-state index contributed by atoms with van der Waals surface area (Å²) in [4.78, 5) is 20.9. The molecule has 29 heavy (non-hydrogen) atoms. The number of hydrogen-bond donors (Lipinski definition) is 2. The summed E-state index contributed by atoms with van der Waals surface area (Å²) >= 11 is 0. The van der Waals surface area contributed by atoms with Crippen LogP contribution in [0.5, 0.6) is 0 Å². The SMILES string of the molecule is CCCCCNc1cc(-c2ccccc2)nc(Nc2ccc(C(=O)OC)cc2)n1. The highest BCUT2D eigenvalue weighted by Crippen LogP contribution is 2.23. The molecule has 0 fully saturated rings. The van der Waals surface area contributed by atoms with E-state index in [1.165, 1.54) is 20.0 Å². The van der Waals surface area contributed by atoms with E-state index in [0.717, 1.165) is 35.7 Å². The highest BCUT2D eigenvalue weighted by atomic mass is 16.5. The molecule has 3 rings (SSSR count). The fraction of sp³-hybridized carbons (Fsp3) is 0.261. The molecule has 3 aromatic rings. The zero-order valence-electron chi connectivity index (χ0n) is 16.8. The summed E-state index contributed by atoms with van der Waals surface area (Å²) in [5, 5.41) is 6.62. The highest BCUT2D eigenvalue weighted by Gasteiger charge is 2.09. The van der Waals surface area contributed by atoms with E-state index < -0.39 is 0 Å². The maximum absolute atomic E-state index is 11.6. The maximum atomic E-state index is 11.6. The number of rotatable bonds is 9. The molecular formula is C23H26N4O2. The number of ether oxygens (including phenoxy) is 1. The highest BCUT2D eigenvalue weighted by molar-refractivity contribution is 5.89. The molecule has 0 unspecified atom stereocenters. The first-order valence-corrected chi connectivity index (χ1v) is 9.83. The monoisotopic (exact) mass is 390 g/mol. The lowest BCUT2D eigenvalue weighted by atomic mass is 10.1. The first-order valence-electron chi connectivity index (χ1n) is 9.83. The van der Waals surface area contributed by atoms with Gasteiger partial charge in [-0.25, -0.2) is 9.78 Å². The molecule has 1 heterocycles. The minimum Gasteiger partial charge on any atom is -0.465 e. The van der Waals surface area contributed by atoms with E-state index >= 15 is 0 Å². The zero-order valence-corrected chi connectivity index (χ0v) is 16.8. The first kappa shape index (κ1) is 20.3. The van der Waals surface area contributed by atoms with Crippen LogP contribution in [-0.2, 0) is 4.74 Å². The first-order chi connectivity index (χ1) is 14.2. The number of unbranched alkanes of at least 4 members (excludes halogenated alkanes) is 2. The molecule has 0 saturated heterocycles. The predicted octanol–water partition coefficient (Wildman–Crippen LogP) is 5.28. The summed E-state index contributed by atoms with van der Waals surface area (Å²) in [5.41, 5.74) is 3.15. The van der Waals surface area contributed by atoms with Crippen LogP contribution in [-0.4, -0.2) is 29.6 Å². The Morgan fingerprint density at radius 1 is 1.00 bits per heavy atom. The van der Waals surface area contributed by atoms with Crippen LogP contribution in [0.15, 0.2) is 60.7 Å². The van der Waals surface area contributed by atoms with Crippen molar-refractivity contribution >= 4 is 23.4 Å². The van der Waals surface area contributed by atoms with Crippen molar-refractivity contribution in [3.8, 4) is 11.3 Å². The molecule has 0 bridgehead atoms. The van der Waals surface area contributed by atoms with Crippen LogP contribution in [0.2, 0.25) is 0 Å². The van der Waals surface area contributed by atoms with Gasteiger partial charge in [-0.2, -0.15) is 4.98 Å². The van der Waals surface area contributed by atoms with Crippen LogP contribution in [0.3, 0.4) is 0 Å². The molecule has 6 nitrogen and oxygen atoms in total. The van der Waals surface area contributed by atoms with E-state index in [1.54, 1.807) is 24.3 Å². The number of aromatic nitrogens is 2. The second kappa shape index (κ2) is 10.2. The molecular weight excluding hydrogens is 364 g/mol. The van der Waals surface area contributed by atoms with Gasteiger partial charge in [-0.05, 0) is 30.7 Å². The molecule has 0 amide bonds. The van der Waals surface area contributed by atoms with Gasteiger partial charge in [0.05, 0.1) is 18.4 Å². The van der Waals surface area contributed by atoms with Crippen molar-refractivity contribution in [3.05, 3.63) is 66.2 Å². The zero-order chi connectivity index (χ0) is 20.5. The van der Waals surface area contributed by atoms with Gasteiger partial charge in [0.2, 0.25) is 5.95 Å². The third-order valence-electron chi connectivity index (χ3n) is 4.44. The van der Waals surface area contributed by atoms with Gasteiger partial charge in [-0.3, -0.25) is 0 Å². The Morgan fingerprint density at radius 3 is 2.45 bits per heavy atom. The molecule has 0 aliphatic carbocycles. The summed E-state index contributed by atoms with van der Waals surface area (Å²) < 4.78 is 4.74. The van der Waals surface area contributed by atoms with Crippen LogP contribution in [0.4, 0.5) is 17.5 Å². The van der Waals surface area contributed by atoms with E-state index in [1.807, 2.05) is 36.4 Å². The number of benzene rings is 2. The fourth-order valence-electron chi connectivity index (χ4n) is 2.88. The third kappa shape index (κ3) is 5.78. The van der Waals surface area contributed by atoms with E-state index in [4.69, 9.17) is 4.74 Å². The van der Waals surface area contributed by atoms with Crippen molar-refractivity contribution in [1.82, 2.24) is 9.97 Å². The Morgan fingerprint density at radius 2 is 1.76 bits per heavy atom. The van der Waals surface area contributed by atoms with Crippen LogP contribution in [0, 0.1) is 0 Å². The van der Waals surface area contributed by atoms with Gasteiger partial charge in [-0.15, -0.1) is 0 Å². The number of carbonyl (C=O) groups is 1. The summed E-state index contributed by atoms with van der Waals surface area (Å²) in [6.45, 7) is 3.05. The van der Waals surface area contributed by atoms with Crippen molar-refractivity contribution < 1.29 is 9.53 Å². The molecule has 2 N–H and O–H groups in total. The molecule has 6 heteroatoms. The van der Waals surface area contributed by atoms with Crippen molar-refractivity contribution in [2.75, 3.05) is 24.3 Å². The van der Waals surface area contributed by atoms with E-state index in [0.29, 0.717) is 11.5 Å². The molecule has 0 aliphatic heterocycles. The number of nitrogens with zero attached hydrogens (tertiary/aromatic N) is 2. The lowest BCUT2D eigenvalue weighted by molar-refractivity contribution is 0.0601. The molecule has 0 aliphatic rings. The van der Waals surface area contributed by atoms with Crippen LogP contribution in [0.1, 0.15) is 36.5 Å². The lowest BCUT2D eigenvalue weighted by Gasteiger charge is -2.12. The molecule has 150 valence electrons. The normalized spacial score (nSPS) is 10.4. The molecule has 0 atom stereocenters. The average molecular weight is 390 g/mol. The van der Waals surface area contributed by atoms with Crippen molar-refractivity contribution in [3.63, 3.8) is 0 Å². The Labute approximate surface area is 171 Å². The number of nitrogens with one attached hydrogen (secondary N) is 2. The number of carbonyl (C=O) groups excluding carboxylic acids is 1. The van der Waals surface area contributed by atoms with Gasteiger partial charge in [0.1, 0.15) is 5.82 Å². The molecule has 0 spiro atoms. The predicted molar refractivity (Wildman–Crippen MR) is 117 cm³/mol. The smallest absolute Gasteiger partial charge is 0.337 e. The molecule has 2 aromatic carbocycles. The summed E-state index contributed by atoms with van der Waals surface area (Å²) in [7, 11) is 1.37. The van der Waals surface area contributed by atoms with Gasteiger partial charge in [0, 0.05) is 23.9 Å². The topological polar surface area (TPSA) is 76.1 Å². The number of esters is 1. The average Bonchev–Trinajstić information content (AvgIpc) is 2.77. The standard InChI is InChI=1S/C23H26N4O2/c1-3-4-8-15-24-21-16-20(17-9-6-5-7-10-17)26-23(27-21)25-19-13-11-18(12-14-19)22(28)29-2/h5-7,9-14,16H,3-4,8,15H2,1-2H3,(H2,24,25,26,27). The van der Waals surface area contributed by atoms with Gasteiger partial charge in [0.15, 0.2) is 0 Å². The van der Waals surface area contributed by atoms with Crippen molar-refractivity contribution in [2.45, 2.75) is 26.2 Å².